The van der Waals surface area contributed by atoms with Crippen LogP contribution in [0.2, 0.25) is 0 Å². The first kappa shape index (κ1) is 107. The van der Waals surface area contributed by atoms with Crippen LogP contribution in [0.15, 0.2) is 194 Å². The van der Waals surface area contributed by atoms with E-state index in [4.69, 9.17) is 32.3 Å². The molecule has 113 heavy (non-hydrogen) atoms. The van der Waals surface area contributed by atoms with E-state index in [1.54, 1.807) is 0 Å². The van der Waals surface area contributed by atoms with E-state index >= 15 is 0 Å². The number of aliphatic hydroxyl groups is 2. The van der Waals surface area contributed by atoms with Gasteiger partial charge in [0.15, 0.2) is 6.10 Å². The van der Waals surface area contributed by atoms with Gasteiger partial charge in [0.05, 0.1) is 26.4 Å². The Balaban J connectivity index is 4.73. The molecule has 0 spiro atoms. The molecule has 642 valence electrons. The average Bonchev–Trinajstić information content (AvgIpc) is 0.915. The second kappa shape index (κ2) is 85.8. The van der Waals surface area contributed by atoms with Crippen molar-refractivity contribution in [1.82, 2.24) is 0 Å². The summed E-state index contributed by atoms with van der Waals surface area (Å²) in [4.78, 5) is 58.9. The van der Waals surface area contributed by atoms with Gasteiger partial charge in [-0.1, -0.05) is 337 Å². The lowest BCUT2D eigenvalue weighted by atomic mass is 10.0. The van der Waals surface area contributed by atoms with Crippen LogP contribution >= 0.6 is 15.6 Å². The van der Waals surface area contributed by atoms with E-state index in [2.05, 4.69) is 215 Å². The van der Waals surface area contributed by atoms with Crippen LogP contribution in [0.4, 0.5) is 0 Å². The van der Waals surface area contributed by atoms with Crippen LogP contribution in [0.5, 0.6) is 0 Å². The minimum absolute atomic E-state index is 0.0668. The molecule has 0 radical (unpaired) electrons. The number of hydrogen-bond acceptors (Lipinski definition) is 14. The van der Waals surface area contributed by atoms with Gasteiger partial charge < -0.3 is 34.2 Å². The third-order valence-electron chi connectivity index (χ3n) is 17.8. The molecule has 16 nitrogen and oxygen atoms in total. The van der Waals surface area contributed by atoms with E-state index in [9.17, 15) is 43.5 Å². The molecule has 0 aromatic carbocycles. The number of allylic oxidation sites excluding steroid dienone is 32. The maximum atomic E-state index is 13.1. The molecule has 0 bridgehead atoms. The van der Waals surface area contributed by atoms with Crippen molar-refractivity contribution < 1.29 is 75.8 Å². The number of carbonyl (C=O) groups is 3. The highest BCUT2D eigenvalue weighted by Gasteiger charge is 2.29. The summed E-state index contributed by atoms with van der Waals surface area (Å²) in [6.07, 6.45) is 113. The van der Waals surface area contributed by atoms with Crippen molar-refractivity contribution in [3.8, 4) is 0 Å². The molecule has 0 fully saturated rings. The Morgan fingerprint density at radius 2 is 0.469 bits per heavy atom. The van der Waals surface area contributed by atoms with Crippen molar-refractivity contribution in [2.24, 2.45) is 0 Å². The molecular weight excluding hydrogens is 1460 g/mol. The first-order chi connectivity index (χ1) is 55.2. The number of hydrogen-bond donors (Lipinski definition) is 4. The molecule has 0 heterocycles. The summed E-state index contributed by atoms with van der Waals surface area (Å²) in [5.41, 5.74) is 0. The van der Waals surface area contributed by atoms with Gasteiger partial charge in [-0.05, 0) is 167 Å². The zero-order valence-corrected chi connectivity index (χ0v) is 72.3. The van der Waals surface area contributed by atoms with Crippen LogP contribution in [0, 0.1) is 0 Å². The first-order valence-electron chi connectivity index (χ1n) is 43.7. The molecule has 0 rings (SSSR count). The third kappa shape index (κ3) is 87.1. The zero-order chi connectivity index (χ0) is 82.2. The molecule has 0 saturated carbocycles. The monoisotopic (exact) mass is 1620 g/mol. The fourth-order valence-electron chi connectivity index (χ4n) is 11.2. The molecule has 0 aromatic rings. The van der Waals surface area contributed by atoms with Crippen molar-refractivity contribution >= 4 is 33.6 Å². The van der Waals surface area contributed by atoms with Crippen molar-refractivity contribution in [2.45, 2.75) is 347 Å². The summed E-state index contributed by atoms with van der Waals surface area (Å²) in [6, 6.07) is 0. The van der Waals surface area contributed by atoms with Crippen LogP contribution in [0.1, 0.15) is 329 Å². The Morgan fingerprint density at radius 3 is 0.743 bits per heavy atom. The topological polar surface area (TPSA) is 231 Å². The quantitative estimate of drug-likeness (QED) is 0.0146. The Morgan fingerprint density at radius 1 is 0.257 bits per heavy atom. The second-order valence-corrected chi connectivity index (χ2v) is 31.5. The standard InChI is InChI=1S/C95H156O16P2/c1-4-7-10-13-16-19-22-25-28-31-34-37-40-42-44-46-49-51-54-57-60-63-66-69-72-75-78-81-93(98)105-84-90(96)85-107-112(101,102)108-86-91(97)87-109-113(103,104)110-89-92(111-95(100)83-80-77-74-71-68-65-62-59-56-53-48-39-36-33-30-27-24-21-18-15-12-9-6-3)88-106-94(99)82-79-76-73-70-67-64-61-58-55-52-50-47-45-43-41-38-35-32-29-26-23-20-17-14-11-8-5-2/h7,9-10,12,16-21,25-30,34-39,42-45,49,51,53,56,62,65,90-92,96-97H,4-6,8,11,13-15,22-24,31-33,40-41,46-48,50,52,54-55,57-61,63-64,66-89H2,1-3H3,(H,101,102)(H,103,104)/b10-7-,12-9-,19-16-,20-17-,21-18-,28-25-,29-26-,30-27-,37-34-,38-35-,39-36-,44-42-,45-43-,51-49-,56-53-,65-62-. The second-order valence-electron chi connectivity index (χ2n) is 28.6. The highest BCUT2D eigenvalue weighted by molar-refractivity contribution is 7.47. The summed E-state index contributed by atoms with van der Waals surface area (Å²) in [5, 5.41) is 20.7. The summed E-state index contributed by atoms with van der Waals surface area (Å²) in [7, 11) is -9.83. The summed E-state index contributed by atoms with van der Waals surface area (Å²) < 4.78 is 61.4. The molecular formula is C95H156O16P2. The molecule has 5 unspecified atom stereocenters. The van der Waals surface area contributed by atoms with E-state index in [-0.39, 0.29) is 19.3 Å². The van der Waals surface area contributed by atoms with E-state index in [1.807, 2.05) is 0 Å². The Labute approximate surface area is 687 Å². The van der Waals surface area contributed by atoms with Crippen molar-refractivity contribution in [2.75, 3.05) is 39.6 Å². The third-order valence-corrected chi connectivity index (χ3v) is 19.7. The number of carbonyl (C=O) groups excluding carboxylic acids is 3. The predicted molar refractivity (Wildman–Crippen MR) is 472 cm³/mol. The van der Waals surface area contributed by atoms with Gasteiger partial charge in [0, 0.05) is 19.3 Å². The Kier molecular flexibility index (Phi) is 81.5. The largest absolute Gasteiger partial charge is 0.472 e. The maximum Gasteiger partial charge on any atom is 0.472 e. The van der Waals surface area contributed by atoms with Gasteiger partial charge in [-0.25, -0.2) is 9.13 Å². The molecule has 0 amide bonds. The Bertz CT molecular complexity index is 2830. The molecule has 5 atom stereocenters. The van der Waals surface area contributed by atoms with Gasteiger partial charge in [0.25, 0.3) is 0 Å². The van der Waals surface area contributed by atoms with Gasteiger partial charge in [0.1, 0.15) is 25.4 Å². The fraction of sp³-hybridized carbons (Fsp3) is 0.632. The van der Waals surface area contributed by atoms with Crippen LogP contribution in [0.3, 0.4) is 0 Å². The average molecular weight is 1620 g/mol. The number of unbranched alkanes of at least 4 members (excludes halogenated alkanes) is 26. The summed E-state index contributed by atoms with van der Waals surface area (Å²) in [6.45, 7) is 2.39. The SMILES string of the molecule is CC/C=C\C/C=C\C/C=C\C/C=C\C/C=C\C/C=C\CCCCCCCCCCC(=O)OCC(O)COP(=O)(O)OCC(O)COP(=O)(O)OCC(COC(=O)CCCCCCCCCCCCC/C=C\C/C=C\C/C=C\C/C=C\CCCCC)OC(=O)CCCCCC/C=C\C/C=C\C/C=C\C/C=C\C/C=C\C/C=C\CC. The van der Waals surface area contributed by atoms with Gasteiger partial charge >= 0.3 is 33.6 Å². The normalized spacial score (nSPS) is 14.8. The van der Waals surface area contributed by atoms with E-state index in [1.165, 1.54) is 83.5 Å². The molecule has 18 heteroatoms. The molecule has 4 N–H and O–H groups in total. The van der Waals surface area contributed by atoms with E-state index in [0.717, 1.165) is 186 Å². The van der Waals surface area contributed by atoms with Crippen LogP contribution in [-0.4, -0.2) is 95.9 Å². The van der Waals surface area contributed by atoms with Crippen molar-refractivity contribution in [3.63, 3.8) is 0 Å². The molecule has 0 aromatic heterocycles. The first-order valence-corrected chi connectivity index (χ1v) is 46.7. The number of phosphoric acid groups is 2. The van der Waals surface area contributed by atoms with Crippen LogP contribution < -0.4 is 0 Å². The summed E-state index contributed by atoms with van der Waals surface area (Å²) >= 11 is 0. The van der Waals surface area contributed by atoms with Crippen LogP contribution in [0.25, 0.3) is 0 Å². The minimum Gasteiger partial charge on any atom is -0.463 e. The van der Waals surface area contributed by atoms with Gasteiger partial charge in [0.2, 0.25) is 0 Å². The lowest BCUT2D eigenvalue weighted by molar-refractivity contribution is -0.161. The highest BCUT2D eigenvalue weighted by atomic mass is 31.2. The predicted octanol–water partition coefficient (Wildman–Crippen LogP) is 26.7. The van der Waals surface area contributed by atoms with Gasteiger partial charge in [-0.15, -0.1) is 0 Å². The highest BCUT2D eigenvalue weighted by Crippen LogP contribution is 2.45. The lowest BCUT2D eigenvalue weighted by Gasteiger charge is -2.21. The van der Waals surface area contributed by atoms with Gasteiger partial charge in [-0.2, -0.15) is 0 Å². The number of aliphatic hydroxyl groups excluding tert-OH is 2. The number of rotatable bonds is 81. The lowest BCUT2D eigenvalue weighted by Crippen LogP contribution is -2.30. The number of phosphoric ester groups is 2. The Hall–Kier alpha value is -5.61. The van der Waals surface area contributed by atoms with Gasteiger partial charge in [-0.3, -0.25) is 32.5 Å². The summed E-state index contributed by atoms with van der Waals surface area (Å²) in [5.74, 6) is -1.62. The molecule has 0 aliphatic heterocycles. The number of esters is 3. The fourth-order valence-corrected chi connectivity index (χ4v) is 12.8. The van der Waals surface area contributed by atoms with E-state index < -0.39 is 91.5 Å². The maximum absolute atomic E-state index is 13.1. The molecule has 0 aliphatic rings. The smallest absolute Gasteiger partial charge is 0.463 e. The molecule has 0 saturated heterocycles. The zero-order valence-electron chi connectivity index (χ0n) is 70.5. The molecule has 0 aliphatic carbocycles. The number of ether oxygens (including phenoxy) is 3. The van der Waals surface area contributed by atoms with Crippen molar-refractivity contribution in [1.29, 1.82) is 0 Å². The minimum atomic E-state index is -4.96. The van der Waals surface area contributed by atoms with Crippen molar-refractivity contribution in [3.05, 3.63) is 194 Å². The van der Waals surface area contributed by atoms with E-state index in [0.29, 0.717) is 19.3 Å². The van der Waals surface area contributed by atoms with Crippen LogP contribution in [-0.2, 0) is 55.8 Å².